The molecule has 3 heteroatoms. The molecule has 2 aliphatic rings. The molecule has 0 saturated heterocycles. The Balaban J connectivity index is 1.05. The molecule has 0 amide bonds. The summed E-state index contributed by atoms with van der Waals surface area (Å²) >= 11 is 1.86. The first-order chi connectivity index (χ1) is 27.5. The Labute approximate surface area is 329 Å². The summed E-state index contributed by atoms with van der Waals surface area (Å²) in [4.78, 5) is 2.46. The first-order valence-electron chi connectivity index (χ1n) is 19.3. The van der Waals surface area contributed by atoms with Crippen LogP contribution in [0, 0.1) is 0 Å². The zero-order valence-corrected chi connectivity index (χ0v) is 31.8. The third-order valence-electron chi connectivity index (χ3n) is 12.2. The largest absolute Gasteiger partial charge is 0.456 e. The van der Waals surface area contributed by atoms with Gasteiger partial charge in [0.2, 0.25) is 0 Å². The third-order valence-corrected chi connectivity index (χ3v) is 13.4. The number of ether oxygens (including phenoxy) is 1. The van der Waals surface area contributed by atoms with Crippen LogP contribution in [0.4, 0.5) is 17.1 Å². The van der Waals surface area contributed by atoms with Crippen LogP contribution >= 0.6 is 11.3 Å². The van der Waals surface area contributed by atoms with Gasteiger partial charge in [-0.1, -0.05) is 129 Å². The van der Waals surface area contributed by atoms with Crippen molar-refractivity contribution in [3.8, 4) is 44.9 Å². The summed E-state index contributed by atoms with van der Waals surface area (Å²) in [5, 5.41) is 7.37. The van der Waals surface area contributed by atoms with Gasteiger partial charge in [0, 0.05) is 53.3 Å². The third kappa shape index (κ3) is 4.55. The Morgan fingerprint density at radius 1 is 0.446 bits per heavy atom. The van der Waals surface area contributed by atoms with Crippen LogP contribution in [0.2, 0.25) is 0 Å². The number of nitrogens with zero attached hydrogens (tertiary/aromatic N) is 1. The molecule has 12 rings (SSSR count). The van der Waals surface area contributed by atoms with E-state index in [2.05, 4.69) is 195 Å². The summed E-state index contributed by atoms with van der Waals surface area (Å²) in [5.74, 6) is 1.77. The van der Waals surface area contributed by atoms with Gasteiger partial charge in [0.15, 0.2) is 0 Å². The molecule has 264 valence electrons. The van der Waals surface area contributed by atoms with Crippen molar-refractivity contribution in [1.82, 2.24) is 0 Å². The van der Waals surface area contributed by atoms with Crippen LogP contribution in [0.5, 0.6) is 11.5 Å². The van der Waals surface area contributed by atoms with Crippen LogP contribution in [0.3, 0.4) is 0 Å². The average Bonchev–Trinajstić information content (AvgIpc) is 3.72. The summed E-state index contributed by atoms with van der Waals surface area (Å²) in [6, 6.07) is 64.7. The first kappa shape index (κ1) is 31.6. The maximum atomic E-state index is 6.84. The molecule has 0 bridgehead atoms. The van der Waals surface area contributed by atoms with E-state index in [0.29, 0.717) is 0 Å². The molecule has 0 unspecified atom stereocenters. The van der Waals surface area contributed by atoms with Crippen LogP contribution < -0.4 is 9.64 Å². The van der Waals surface area contributed by atoms with E-state index in [9.17, 15) is 0 Å². The summed E-state index contributed by atoms with van der Waals surface area (Å²) < 4.78 is 9.43. The van der Waals surface area contributed by atoms with Gasteiger partial charge >= 0.3 is 0 Å². The van der Waals surface area contributed by atoms with E-state index in [-0.39, 0.29) is 5.41 Å². The molecular formula is C53H35NOS. The number of fused-ring (bicyclic) bond motifs is 9. The van der Waals surface area contributed by atoms with Crippen LogP contribution in [0.25, 0.3) is 75.1 Å². The minimum Gasteiger partial charge on any atom is -0.456 e. The molecular weight excluding hydrogens is 699 g/mol. The van der Waals surface area contributed by atoms with Gasteiger partial charge in [0.1, 0.15) is 11.5 Å². The monoisotopic (exact) mass is 733 g/mol. The van der Waals surface area contributed by atoms with Gasteiger partial charge in [0.25, 0.3) is 0 Å². The maximum Gasteiger partial charge on any atom is 0.136 e. The van der Waals surface area contributed by atoms with Gasteiger partial charge in [0.05, 0.1) is 5.69 Å². The zero-order chi connectivity index (χ0) is 37.1. The standard InChI is InChI=1S/C53H35NOS/c1-53(2)45-16-7-5-12-38(45)44-30-36(22-25-46(44)53)54(37-21-24-41-40-13-6-8-17-50(40)56-51(41)31-37)47-26-27-48-52-42(14-9-15-43(47)52)39-23-20-35(29-49(39)55-48)34-19-18-32-10-3-4-11-33(32)28-34/h3-31H,1-2H3. The highest BCUT2D eigenvalue weighted by atomic mass is 32.1. The van der Waals surface area contributed by atoms with Crippen molar-refractivity contribution < 1.29 is 4.74 Å². The van der Waals surface area contributed by atoms with Gasteiger partial charge in [-0.2, -0.15) is 0 Å². The highest BCUT2D eigenvalue weighted by Crippen LogP contribution is 2.54. The number of hydrogen-bond acceptors (Lipinski definition) is 3. The molecule has 0 radical (unpaired) electrons. The minimum absolute atomic E-state index is 0.0651. The van der Waals surface area contributed by atoms with Gasteiger partial charge in [-0.3, -0.25) is 0 Å². The van der Waals surface area contributed by atoms with E-state index in [1.807, 2.05) is 11.3 Å². The van der Waals surface area contributed by atoms with Crippen molar-refractivity contribution in [2.75, 3.05) is 4.90 Å². The molecule has 1 aliphatic carbocycles. The first-order valence-corrected chi connectivity index (χ1v) is 20.1. The van der Waals surface area contributed by atoms with Crippen molar-refractivity contribution in [1.29, 1.82) is 0 Å². The fourth-order valence-electron chi connectivity index (χ4n) is 9.49. The average molecular weight is 734 g/mol. The SMILES string of the molecule is CC1(C)c2ccccc2-c2cc(N(c3ccc4c(c3)sc3ccccc34)c3ccc4c5c(cccc35)-c3ccc(-c5ccc6ccccc6c5)cc3O4)ccc21. The predicted molar refractivity (Wildman–Crippen MR) is 238 cm³/mol. The smallest absolute Gasteiger partial charge is 0.136 e. The Bertz CT molecular complexity index is 3280. The van der Waals surface area contributed by atoms with Crippen molar-refractivity contribution in [3.63, 3.8) is 0 Å². The number of rotatable bonds is 4. The fraction of sp³-hybridized carbons (Fsp3) is 0.0566. The lowest BCUT2D eigenvalue weighted by atomic mass is 9.82. The van der Waals surface area contributed by atoms with Gasteiger partial charge in [-0.15, -0.1) is 11.3 Å². The van der Waals surface area contributed by atoms with E-state index >= 15 is 0 Å². The molecule has 0 spiro atoms. The quantitative estimate of drug-likeness (QED) is 0.179. The lowest BCUT2D eigenvalue weighted by Crippen LogP contribution is -2.15. The Hall–Kier alpha value is -6.68. The molecule has 1 aromatic heterocycles. The van der Waals surface area contributed by atoms with Gasteiger partial charge in [-0.25, -0.2) is 0 Å². The molecule has 0 saturated carbocycles. The zero-order valence-electron chi connectivity index (χ0n) is 31.0. The van der Waals surface area contributed by atoms with Gasteiger partial charge in [-0.05, 0) is 110 Å². The van der Waals surface area contributed by atoms with E-state index in [0.717, 1.165) is 50.5 Å². The fourth-order valence-corrected chi connectivity index (χ4v) is 10.6. The summed E-state index contributed by atoms with van der Waals surface area (Å²) in [6.45, 7) is 4.69. The maximum absolute atomic E-state index is 6.84. The second-order valence-electron chi connectivity index (χ2n) is 15.7. The normalized spacial score (nSPS) is 13.5. The van der Waals surface area contributed by atoms with Crippen LogP contribution in [0.1, 0.15) is 25.0 Å². The van der Waals surface area contributed by atoms with Crippen molar-refractivity contribution in [3.05, 3.63) is 187 Å². The van der Waals surface area contributed by atoms with Crippen molar-refractivity contribution in [2.24, 2.45) is 0 Å². The van der Waals surface area contributed by atoms with E-state index in [4.69, 9.17) is 4.74 Å². The second-order valence-corrected chi connectivity index (χ2v) is 16.8. The molecule has 1 aliphatic heterocycles. The molecule has 10 aromatic rings. The molecule has 2 nitrogen and oxygen atoms in total. The Morgan fingerprint density at radius 2 is 1.16 bits per heavy atom. The summed E-state index contributed by atoms with van der Waals surface area (Å²) in [6.07, 6.45) is 0. The molecule has 2 heterocycles. The lowest BCUT2D eigenvalue weighted by molar-refractivity contribution is 0.487. The lowest BCUT2D eigenvalue weighted by Gasteiger charge is -2.30. The van der Waals surface area contributed by atoms with Crippen LogP contribution in [-0.4, -0.2) is 0 Å². The van der Waals surface area contributed by atoms with E-state index in [1.165, 1.54) is 64.3 Å². The predicted octanol–water partition coefficient (Wildman–Crippen LogP) is 15.6. The molecule has 0 atom stereocenters. The van der Waals surface area contributed by atoms with E-state index in [1.54, 1.807) is 0 Å². The topological polar surface area (TPSA) is 12.5 Å². The number of hydrogen-bond donors (Lipinski definition) is 0. The van der Waals surface area contributed by atoms with Crippen LogP contribution in [0.15, 0.2) is 176 Å². The highest BCUT2D eigenvalue weighted by Gasteiger charge is 2.36. The minimum atomic E-state index is -0.0651. The van der Waals surface area contributed by atoms with E-state index < -0.39 is 0 Å². The van der Waals surface area contributed by atoms with Crippen molar-refractivity contribution >= 4 is 70.1 Å². The number of benzene rings is 9. The van der Waals surface area contributed by atoms with Gasteiger partial charge < -0.3 is 9.64 Å². The van der Waals surface area contributed by atoms with Crippen LogP contribution in [-0.2, 0) is 5.41 Å². The number of anilines is 3. The second kappa shape index (κ2) is 11.7. The molecule has 9 aromatic carbocycles. The Morgan fingerprint density at radius 3 is 2.11 bits per heavy atom. The van der Waals surface area contributed by atoms with Crippen molar-refractivity contribution in [2.45, 2.75) is 19.3 Å². The molecule has 0 fully saturated rings. The summed E-state index contributed by atoms with van der Waals surface area (Å²) in [7, 11) is 0. The summed E-state index contributed by atoms with van der Waals surface area (Å²) in [5.41, 5.74) is 13.3. The molecule has 56 heavy (non-hydrogen) atoms. The number of thiophene rings is 1. The molecule has 0 N–H and O–H groups in total. The highest BCUT2D eigenvalue weighted by molar-refractivity contribution is 7.25. The Kier molecular flexibility index (Phi) is 6.59.